The van der Waals surface area contributed by atoms with Crippen molar-refractivity contribution >= 4 is 29.9 Å². The highest BCUT2D eigenvalue weighted by Gasteiger charge is 2.22. The molecule has 27 heavy (non-hydrogen) atoms. The smallest absolute Gasteiger partial charge is 0.193 e. The number of aliphatic imine (C=N–C) groups is 1. The summed E-state index contributed by atoms with van der Waals surface area (Å²) >= 11 is 0. The molecule has 0 radical (unpaired) electrons. The van der Waals surface area contributed by atoms with Crippen LogP contribution in [0.1, 0.15) is 24.0 Å². The molecule has 0 atom stereocenters. The van der Waals surface area contributed by atoms with Gasteiger partial charge in [-0.05, 0) is 36.6 Å². The van der Waals surface area contributed by atoms with E-state index in [0.717, 1.165) is 50.6 Å². The molecule has 0 unspecified atom stereocenters. The Kier molecular flexibility index (Phi) is 8.91. The minimum atomic E-state index is 0. The lowest BCUT2D eigenvalue weighted by Gasteiger charge is -2.34. The van der Waals surface area contributed by atoms with Crippen LogP contribution in [0.15, 0.2) is 59.6 Å². The van der Waals surface area contributed by atoms with Crippen molar-refractivity contribution in [2.24, 2.45) is 4.99 Å². The monoisotopic (exact) mass is 479 g/mol. The Balaban J connectivity index is 0.00000261. The summed E-state index contributed by atoms with van der Waals surface area (Å²) in [6.07, 6.45) is 3.35. The van der Waals surface area contributed by atoms with Gasteiger partial charge in [-0.25, -0.2) is 0 Å². The number of rotatable bonds is 5. The summed E-state index contributed by atoms with van der Waals surface area (Å²) in [5.41, 5.74) is 2.74. The Bertz CT molecular complexity index is 713. The highest BCUT2D eigenvalue weighted by atomic mass is 127. The highest BCUT2D eigenvalue weighted by Crippen LogP contribution is 2.18. The van der Waals surface area contributed by atoms with Crippen molar-refractivity contribution in [3.05, 3.63) is 65.7 Å². The van der Waals surface area contributed by atoms with Gasteiger partial charge >= 0.3 is 0 Å². The third kappa shape index (κ3) is 6.41. The SMILES string of the molecule is CN=C(NCCc1ccccc1C)N1CCC(Oc2ccccc2)CC1.I. The fourth-order valence-electron chi connectivity index (χ4n) is 3.41. The van der Waals surface area contributed by atoms with E-state index in [2.05, 4.69) is 46.4 Å². The van der Waals surface area contributed by atoms with Crippen LogP contribution in [0, 0.1) is 6.92 Å². The average molecular weight is 479 g/mol. The van der Waals surface area contributed by atoms with Crippen molar-refractivity contribution in [2.75, 3.05) is 26.7 Å². The fraction of sp³-hybridized carbons (Fsp3) is 0.409. The van der Waals surface area contributed by atoms with Crippen LogP contribution in [0.3, 0.4) is 0 Å². The summed E-state index contributed by atoms with van der Waals surface area (Å²) in [7, 11) is 1.86. The summed E-state index contributed by atoms with van der Waals surface area (Å²) in [5, 5.41) is 3.51. The quantitative estimate of drug-likeness (QED) is 0.396. The molecule has 1 aliphatic rings. The molecule has 1 aliphatic heterocycles. The van der Waals surface area contributed by atoms with Crippen LogP contribution in [0.5, 0.6) is 5.75 Å². The van der Waals surface area contributed by atoms with Gasteiger partial charge in [-0.1, -0.05) is 42.5 Å². The normalized spacial score (nSPS) is 15.2. The van der Waals surface area contributed by atoms with E-state index in [4.69, 9.17) is 4.74 Å². The van der Waals surface area contributed by atoms with E-state index in [0.29, 0.717) is 6.10 Å². The largest absolute Gasteiger partial charge is 0.490 e. The molecular formula is C22H30IN3O. The molecule has 5 heteroatoms. The molecule has 2 aromatic carbocycles. The second kappa shape index (κ2) is 11.2. The Morgan fingerprint density at radius 2 is 1.74 bits per heavy atom. The van der Waals surface area contributed by atoms with Crippen LogP contribution in [-0.4, -0.2) is 43.6 Å². The number of aryl methyl sites for hydroxylation is 1. The summed E-state index contributed by atoms with van der Waals surface area (Å²) < 4.78 is 6.08. The number of halogens is 1. The van der Waals surface area contributed by atoms with Gasteiger partial charge in [-0.3, -0.25) is 4.99 Å². The fourth-order valence-corrected chi connectivity index (χ4v) is 3.41. The number of para-hydroxylation sites is 1. The van der Waals surface area contributed by atoms with Gasteiger partial charge in [0.05, 0.1) is 0 Å². The van der Waals surface area contributed by atoms with Crippen molar-refractivity contribution in [3.63, 3.8) is 0 Å². The number of guanidine groups is 1. The second-order valence-corrected chi connectivity index (χ2v) is 6.77. The predicted molar refractivity (Wildman–Crippen MR) is 123 cm³/mol. The van der Waals surface area contributed by atoms with Gasteiger partial charge in [-0.15, -0.1) is 24.0 Å². The van der Waals surface area contributed by atoms with Gasteiger partial charge in [0.2, 0.25) is 0 Å². The third-order valence-electron chi connectivity index (χ3n) is 4.94. The van der Waals surface area contributed by atoms with Crippen LogP contribution >= 0.6 is 24.0 Å². The first-order valence-corrected chi connectivity index (χ1v) is 9.48. The number of nitrogens with one attached hydrogen (secondary N) is 1. The Morgan fingerprint density at radius 3 is 2.41 bits per heavy atom. The minimum absolute atomic E-state index is 0. The summed E-state index contributed by atoms with van der Waals surface area (Å²) in [4.78, 5) is 6.80. The van der Waals surface area contributed by atoms with E-state index in [1.54, 1.807) is 0 Å². The number of likely N-dealkylation sites (tertiary alicyclic amines) is 1. The maximum atomic E-state index is 6.08. The van der Waals surface area contributed by atoms with Gasteiger partial charge in [0.1, 0.15) is 11.9 Å². The topological polar surface area (TPSA) is 36.9 Å². The van der Waals surface area contributed by atoms with E-state index in [1.165, 1.54) is 11.1 Å². The molecule has 3 rings (SSSR count). The molecule has 146 valence electrons. The molecule has 0 aromatic heterocycles. The van der Waals surface area contributed by atoms with Crippen LogP contribution in [-0.2, 0) is 6.42 Å². The summed E-state index contributed by atoms with van der Waals surface area (Å²) in [6.45, 7) is 5.02. The molecule has 1 fully saturated rings. The maximum Gasteiger partial charge on any atom is 0.193 e. The molecule has 0 spiro atoms. The molecule has 1 N–H and O–H groups in total. The van der Waals surface area contributed by atoms with Crippen LogP contribution in [0.4, 0.5) is 0 Å². The molecule has 4 nitrogen and oxygen atoms in total. The first kappa shape index (κ1) is 21.5. The zero-order valence-corrected chi connectivity index (χ0v) is 18.6. The van der Waals surface area contributed by atoms with Crippen LogP contribution in [0.2, 0.25) is 0 Å². The standard InChI is InChI=1S/C22H29N3O.HI/c1-18-8-6-7-9-19(18)12-15-24-22(23-2)25-16-13-21(14-17-25)26-20-10-4-3-5-11-20;/h3-11,21H,12-17H2,1-2H3,(H,23,24);1H. The number of benzene rings is 2. The van der Waals surface area contributed by atoms with Crippen LogP contribution < -0.4 is 10.1 Å². The lowest BCUT2D eigenvalue weighted by Crippen LogP contribution is -2.47. The molecule has 2 aromatic rings. The molecule has 0 amide bonds. The van der Waals surface area contributed by atoms with Gasteiger partial charge < -0.3 is 15.0 Å². The zero-order chi connectivity index (χ0) is 18.2. The lowest BCUT2D eigenvalue weighted by molar-refractivity contribution is 0.129. The van der Waals surface area contributed by atoms with Crippen molar-refractivity contribution in [2.45, 2.75) is 32.3 Å². The van der Waals surface area contributed by atoms with Gasteiger partial charge in [-0.2, -0.15) is 0 Å². The van der Waals surface area contributed by atoms with E-state index in [1.807, 2.05) is 37.4 Å². The van der Waals surface area contributed by atoms with Crippen molar-refractivity contribution in [1.29, 1.82) is 0 Å². The zero-order valence-electron chi connectivity index (χ0n) is 16.2. The summed E-state index contributed by atoms with van der Waals surface area (Å²) in [5.74, 6) is 1.96. The first-order valence-electron chi connectivity index (χ1n) is 9.48. The molecule has 0 aliphatic carbocycles. The number of hydrogen-bond donors (Lipinski definition) is 1. The molecule has 1 saturated heterocycles. The van der Waals surface area contributed by atoms with Crippen molar-refractivity contribution in [1.82, 2.24) is 10.2 Å². The van der Waals surface area contributed by atoms with Crippen molar-refractivity contribution < 1.29 is 4.74 Å². The number of ether oxygens (including phenoxy) is 1. The first-order chi connectivity index (χ1) is 12.8. The Morgan fingerprint density at radius 1 is 1.07 bits per heavy atom. The Labute approximate surface area is 180 Å². The maximum absolute atomic E-state index is 6.08. The number of piperidine rings is 1. The number of hydrogen-bond acceptors (Lipinski definition) is 2. The predicted octanol–water partition coefficient (Wildman–Crippen LogP) is 4.27. The van der Waals surface area contributed by atoms with E-state index < -0.39 is 0 Å². The van der Waals surface area contributed by atoms with Crippen molar-refractivity contribution in [3.8, 4) is 5.75 Å². The molecule has 0 bridgehead atoms. The Hall–Kier alpha value is -1.76. The van der Waals surface area contributed by atoms with E-state index in [-0.39, 0.29) is 24.0 Å². The van der Waals surface area contributed by atoms with Gasteiger partial charge in [0.25, 0.3) is 0 Å². The third-order valence-corrected chi connectivity index (χ3v) is 4.94. The minimum Gasteiger partial charge on any atom is -0.490 e. The molecule has 1 heterocycles. The van der Waals surface area contributed by atoms with E-state index >= 15 is 0 Å². The van der Waals surface area contributed by atoms with Gasteiger partial charge in [0.15, 0.2) is 5.96 Å². The second-order valence-electron chi connectivity index (χ2n) is 6.77. The summed E-state index contributed by atoms with van der Waals surface area (Å²) in [6, 6.07) is 18.7. The van der Waals surface area contributed by atoms with E-state index in [9.17, 15) is 0 Å². The van der Waals surface area contributed by atoms with Crippen LogP contribution in [0.25, 0.3) is 0 Å². The molecule has 0 saturated carbocycles. The molecular weight excluding hydrogens is 449 g/mol. The lowest BCUT2D eigenvalue weighted by atomic mass is 10.1. The van der Waals surface area contributed by atoms with Gasteiger partial charge in [0, 0.05) is 39.5 Å². The number of nitrogens with zero attached hydrogens (tertiary/aromatic N) is 2. The average Bonchev–Trinajstić information content (AvgIpc) is 2.68. The highest BCUT2D eigenvalue weighted by molar-refractivity contribution is 14.0.